The third-order valence-corrected chi connectivity index (χ3v) is 0.453. The van der Waals surface area contributed by atoms with E-state index in [1.165, 1.54) is 0 Å². The fourth-order valence-corrected chi connectivity index (χ4v) is 0.201. The molecule has 2 nitrogen and oxygen atoms in total. The molecule has 0 rings (SSSR count). The highest BCUT2D eigenvalue weighted by atomic mass is 16.5. The summed E-state index contributed by atoms with van der Waals surface area (Å²) in [4.78, 5) is 10.1. The molecular weight excluding hydrogens is 116 g/mol. The summed E-state index contributed by atoms with van der Waals surface area (Å²) in [5, 5.41) is 0. The molecule has 54 valence electrons. The van der Waals surface area contributed by atoms with Gasteiger partial charge in [-0.15, -0.1) is 0 Å². The van der Waals surface area contributed by atoms with Crippen LogP contribution in [0.3, 0.4) is 0 Å². The summed E-state index contributed by atoms with van der Waals surface area (Å²) < 4.78 is 4.43. The molecule has 0 amide bonds. The van der Waals surface area contributed by atoms with Gasteiger partial charge in [-0.1, -0.05) is 20.4 Å². The van der Waals surface area contributed by atoms with Crippen LogP contribution in [0.2, 0.25) is 0 Å². The van der Waals surface area contributed by atoms with Crippen molar-refractivity contribution in [2.45, 2.75) is 20.8 Å². The molecule has 0 aliphatic rings. The smallest absolute Gasteiger partial charge is 0.330 e. The Morgan fingerprint density at radius 1 is 1.67 bits per heavy atom. The van der Waals surface area contributed by atoms with E-state index in [1.54, 1.807) is 6.92 Å². The molecule has 0 atom stereocenters. The van der Waals surface area contributed by atoms with E-state index < -0.39 is 0 Å². The molecule has 9 heavy (non-hydrogen) atoms. The van der Waals surface area contributed by atoms with E-state index in [0.717, 1.165) is 6.08 Å². The molecule has 0 aliphatic heterocycles. The summed E-state index contributed by atoms with van der Waals surface area (Å²) in [6.07, 6.45) is 1.14. The number of rotatable bonds is 2. The van der Waals surface area contributed by atoms with Crippen LogP contribution in [0.4, 0.5) is 0 Å². The molecule has 0 bridgehead atoms. The van der Waals surface area contributed by atoms with Crippen molar-refractivity contribution in [2.75, 3.05) is 6.61 Å². The number of ether oxygens (including phenoxy) is 1. The molecule has 0 aromatic rings. The minimum atomic E-state index is -0.359. The lowest BCUT2D eigenvalue weighted by atomic mass is 10.6. The normalized spacial score (nSPS) is 6.56. The minimum absolute atomic E-state index is 0.359. The van der Waals surface area contributed by atoms with E-state index >= 15 is 0 Å². The van der Waals surface area contributed by atoms with E-state index in [2.05, 4.69) is 11.3 Å². The highest BCUT2D eigenvalue weighted by Crippen LogP contribution is 1.74. The third kappa shape index (κ3) is 11.0. The summed E-state index contributed by atoms with van der Waals surface area (Å²) in [6, 6.07) is 0. The monoisotopic (exact) mass is 130 g/mol. The second-order valence-electron chi connectivity index (χ2n) is 0.956. The van der Waals surface area contributed by atoms with Crippen LogP contribution in [0.5, 0.6) is 0 Å². The topological polar surface area (TPSA) is 26.3 Å². The largest absolute Gasteiger partial charge is 0.463 e. The Bertz CT molecular complexity index is 77.0. The third-order valence-electron chi connectivity index (χ3n) is 0.453. The van der Waals surface area contributed by atoms with Crippen molar-refractivity contribution in [2.24, 2.45) is 0 Å². The first kappa shape index (κ1) is 11.1. The van der Waals surface area contributed by atoms with Crippen LogP contribution in [0.15, 0.2) is 12.7 Å². The molecule has 0 unspecified atom stereocenters. The fraction of sp³-hybridized carbons (Fsp3) is 0.571. The Morgan fingerprint density at radius 3 is 2.22 bits per heavy atom. The van der Waals surface area contributed by atoms with E-state index in [1.807, 2.05) is 13.8 Å². The molecule has 0 heterocycles. The maximum Gasteiger partial charge on any atom is 0.330 e. The summed E-state index contributed by atoms with van der Waals surface area (Å²) in [6.45, 7) is 9.38. The SMILES string of the molecule is C=CC(=O)OCC.CC. The van der Waals surface area contributed by atoms with Gasteiger partial charge in [-0.3, -0.25) is 0 Å². The van der Waals surface area contributed by atoms with Gasteiger partial charge in [0.1, 0.15) is 0 Å². The molecule has 0 aromatic carbocycles. The number of hydrogen-bond acceptors (Lipinski definition) is 2. The molecule has 0 fully saturated rings. The van der Waals surface area contributed by atoms with Gasteiger partial charge in [-0.2, -0.15) is 0 Å². The average Bonchev–Trinajstić information content (AvgIpc) is 1.93. The number of carbonyl (C=O) groups is 1. The minimum Gasteiger partial charge on any atom is -0.463 e. The Hall–Kier alpha value is -0.790. The van der Waals surface area contributed by atoms with Crippen molar-refractivity contribution in [1.29, 1.82) is 0 Å². The first-order valence-electron chi connectivity index (χ1n) is 3.10. The van der Waals surface area contributed by atoms with Crippen molar-refractivity contribution in [3.05, 3.63) is 12.7 Å². The second-order valence-corrected chi connectivity index (χ2v) is 0.956. The van der Waals surface area contributed by atoms with Gasteiger partial charge in [0, 0.05) is 6.08 Å². The molecule has 0 aromatic heterocycles. The Morgan fingerprint density at radius 2 is 2.11 bits per heavy atom. The molecule has 0 saturated carbocycles. The fourth-order valence-electron chi connectivity index (χ4n) is 0.201. The van der Waals surface area contributed by atoms with Crippen LogP contribution in [-0.4, -0.2) is 12.6 Å². The van der Waals surface area contributed by atoms with Gasteiger partial charge >= 0.3 is 5.97 Å². The summed E-state index contributed by atoms with van der Waals surface area (Å²) in [7, 11) is 0. The van der Waals surface area contributed by atoms with E-state index in [4.69, 9.17) is 0 Å². The van der Waals surface area contributed by atoms with E-state index in [9.17, 15) is 4.79 Å². The average molecular weight is 130 g/mol. The van der Waals surface area contributed by atoms with Crippen molar-refractivity contribution >= 4 is 5.97 Å². The maximum atomic E-state index is 10.1. The van der Waals surface area contributed by atoms with Crippen LogP contribution in [0.25, 0.3) is 0 Å². The van der Waals surface area contributed by atoms with Crippen molar-refractivity contribution in [3.8, 4) is 0 Å². The van der Waals surface area contributed by atoms with E-state index in [-0.39, 0.29) is 5.97 Å². The number of hydrogen-bond donors (Lipinski definition) is 0. The quantitative estimate of drug-likeness (QED) is 0.420. The van der Waals surface area contributed by atoms with Crippen molar-refractivity contribution < 1.29 is 9.53 Å². The number of esters is 1. The first-order valence-corrected chi connectivity index (χ1v) is 3.10. The molecule has 0 aliphatic carbocycles. The Labute approximate surface area is 56.5 Å². The summed E-state index contributed by atoms with van der Waals surface area (Å²) in [5.41, 5.74) is 0. The lowest BCUT2D eigenvalue weighted by Gasteiger charge is -1.90. The molecule has 0 spiro atoms. The zero-order chi connectivity index (χ0) is 7.70. The first-order chi connectivity index (χ1) is 4.31. The Kier molecular flexibility index (Phi) is 12.6. The molecule has 0 N–H and O–H groups in total. The molecular formula is C7H14O2. The highest BCUT2D eigenvalue weighted by molar-refractivity contribution is 5.81. The number of carbonyl (C=O) groups excluding carboxylic acids is 1. The standard InChI is InChI=1S/C5H8O2.C2H6/c1-3-5(6)7-4-2;1-2/h3H,1,4H2,2H3;1-2H3. The van der Waals surface area contributed by atoms with Crippen LogP contribution in [0, 0.1) is 0 Å². The van der Waals surface area contributed by atoms with Gasteiger partial charge in [-0.25, -0.2) is 4.79 Å². The molecule has 0 radical (unpaired) electrons. The highest BCUT2D eigenvalue weighted by Gasteiger charge is 1.86. The van der Waals surface area contributed by atoms with Gasteiger partial charge < -0.3 is 4.74 Å². The zero-order valence-corrected chi connectivity index (χ0v) is 6.31. The summed E-state index contributed by atoms with van der Waals surface area (Å²) >= 11 is 0. The van der Waals surface area contributed by atoms with Gasteiger partial charge in [0.15, 0.2) is 0 Å². The van der Waals surface area contributed by atoms with Crippen molar-refractivity contribution in [1.82, 2.24) is 0 Å². The molecule has 2 heteroatoms. The van der Waals surface area contributed by atoms with Gasteiger partial charge in [-0.05, 0) is 6.92 Å². The van der Waals surface area contributed by atoms with Crippen LogP contribution in [0.1, 0.15) is 20.8 Å². The second kappa shape index (κ2) is 10.2. The Balaban J connectivity index is 0. The lowest BCUT2D eigenvalue weighted by molar-refractivity contribution is -0.137. The van der Waals surface area contributed by atoms with E-state index in [0.29, 0.717) is 6.61 Å². The lowest BCUT2D eigenvalue weighted by Crippen LogP contribution is -1.97. The van der Waals surface area contributed by atoms with Crippen LogP contribution in [-0.2, 0) is 9.53 Å². The van der Waals surface area contributed by atoms with Crippen molar-refractivity contribution in [3.63, 3.8) is 0 Å². The molecule has 0 saturated heterocycles. The zero-order valence-electron chi connectivity index (χ0n) is 6.31. The van der Waals surface area contributed by atoms with Crippen LogP contribution >= 0.6 is 0 Å². The van der Waals surface area contributed by atoms with Crippen LogP contribution < -0.4 is 0 Å². The maximum absolute atomic E-state index is 10.1. The van der Waals surface area contributed by atoms with Gasteiger partial charge in [0.2, 0.25) is 0 Å². The predicted octanol–water partition coefficient (Wildman–Crippen LogP) is 1.76. The summed E-state index contributed by atoms with van der Waals surface area (Å²) in [5.74, 6) is -0.359. The van der Waals surface area contributed by atoms with Gasteiger partial charge in [0.05, 0.1) is 6.61 Å². The van der Waals surface area contributed by atoms with Gasteiger partial charge in [0.25, 0.3) is 0 Å². The predicted molar refractivity (Wildman–Crippen MR) is 38.2 cm³/mol.